The summed E-state index contributed by atoms with van der Waals surface area (Å²) in [4.78, 5) is 11.3. The lowest BCUT2D eigenvalue weighted by atomic mass is 10.0. The Morgan fingerprint density at radius 1 is 0.808 bits per heavy atom. The Bertz CT molecular complexity index is 319. The van der Waals surface area contributed by atoms with Crippen molar-refractivity contribution in [1.82, 2.24) is 5.32 Å². The van der Waals surface area contributed by atoms with Crippen LogP contribution >= 0.6 is 0 Å². The molecule has 4 heteroatoms. The molecule has 0 aliphatic carbocycles. The van der Waals surface area contributed by atoms with E-state index in [2.05, 4.69) is 12.2 Å². The van der Waals surface area contributed by atoms with Gasteiger partial charge in [0.05, 0.1) is 6.61 Å². The maximum Gasteiger partial charge on any atom is 0.407 e. The van der Waals surface area contributed by atoms with Gasteiger partial charge in [0.2, 0.25) is 0 Å². The third-order valence-electron chi connectivity index (χ3n) is 5.10. The van der Waals surface area contributed by atoms with Gasteiger partial charge in [-0.25, -0.2) is 4.79 Å². The molecule has 1 rings (SSSR count). The van der Waals surface area contributed by atoms with Crippen LogP contribution in [0.1, 0.15) is 110 Å². The van der Waals surface area contributed by atoms with Gasteiger partial charge in [-0.3, -0.25) is 0 Å². The number of carbonyl (C=O) groups excluding carboxylic acids is 1. The monoisotopic (exact) mass is 369 g/mol. The Kier molecular flexibility index (Phi) is 15.8. The van der Waals surface area contributed by atoms with E-state index in [0.29, 0.717) is 6.61 Å². The minimum absolute atomic E-state index is 0.149. The number of ether oxygens (including phenoxy) is 2. The summed E-state index contributed by atoms with van der Waals surface area (Å²) in [7, 11) is 0. The lowest BCUT2D eigenvalue weighted by Crippen LogP contribution is -2.26. The van der Waals surface area contributed by atoms with Gasteiger partial charge in [-0.1, -0.05) is 103 Å². The third-order valence-corrected chi connectivity index (χ3v) is 5.10. The summed E-state index contributed by atoms with van der Waals surface area (Å²) in [5.41, 5.74) is 0. The lowest BCUT2D eigenvalue weighted by Gasteiger charge is -2.06. The molecule has 1 saturated heterocycles. The number of nitrogens with one attached hydrogen (secondary N) is 1. The van der Waals surface area contributed by atoms with Crippen LogP contribution in [0.5, 0.6) is 0 Å². The molecule has 154 valence electrons. The van der Waals surface area contributed by atoms with Crippen LogP contribution in [-0.2, 0) is 9.47 Å². The maximum absolute atomic E-state index is 11.3. The number of amides is 1. The number of hydrogen-bond acceptors (Lipinski definition) is 3. The Labute approximate surface area is 161 Å². The van der Waals surface area contributed by atoms with Crippen LogP contribution in [0.2, 0.25) is 0 Å². The normalized spacial score (nSPS) is 15.8. The Morgan fingerprint density at radius 3 is 1.65 bits per heavy atom. The van der Waals surface area contributed by atoms with Crippen molar-refractivity contribution in [2.24, 2.45) is 0 Å². The predicted molar refractivity (Wildman–Crippen MR) is 109 cm³/mol. The first-order chi connectivity index (χ1) is 12.8. The van der Waals surface area contributed by atoms with E-state index < -0.39 is 0 Å². The zero-order valence-corrected chi connectivity index (χ0v) is 17.2. The smallest absolute Gasteiger partial charge is 0.407 e. The lowest BCUT2D eigenvalue weighted by molar-refractivity contribution is 0.136. The minimum atomic E-state index is -0.304. The molecule has 0 aromatic rings. The molecule has 1 amide bonds. The molecule has 1 aliphatic heterocycles. The summed E-state index contributed by atoms with van der Waals surface area (Å²) < 4.78 is 10.0. The summed E-state index contributed by atoms with van der Waals surface area (Å²) in [6, 6.07) is 0. The van der Waals surface area contributed by atoms with Crippen molar-refractivity contribution in [3.8, 4) is 0 Å². The molecule has 1 atom stereocenters. The Balaban J connectivity index is 1.65. The SMILES string of the molecule is CCCCCCCCCCCCCCCCCCNC(=O)OCC1CO1. The van der Waals surface area contributed by atoms with Crippen molar-refractivity contribution >= 4 is 6.09 Å². The fraction of sp³-hybridized carbons (Fsp3) is 0.955. The van der Waals surface area contributed by atoms with Crippen molar-refractivity contribution in [3.63, 3.8) is 0 Å². The van der Waals surface area contributed by atoms with Crippen LogP contribution in [-0.4, -0.2) is 32.0 Å². The molecule has 1 N–H and O–H groups in total. The van der Waals surface area contributed by atoms with Crippen LogP contribution in [0.15, 0.2) is 0 Å². The topological polar surface area (TPSA) is 50.9 Å². The minimum Gasteiger partial charge on any atom is -0.447 e. The summed E-state index contributed by atoms with van der Waals surface area (Å²) in [6.07, 6.45) is 21.7. The number of alkyl carbamates (subject to hydrolysis) is 1. The molecule has 0 saturated carbocycles. The first-order valence-electron chi connectivity index (χ1n) is 11.3. The van der Waals surface area contributed by atoms with Gasteiger partial charge in [-0.05, 0) is 6.42 Å². The zero-order chi connectivity index (χ0) is 18.7. The van der Waals surface area contributed by atoms with Crippen LogP contribution in [0.4, 0.5) is 4.79 Å². The first-order valence-corrected chi connectivity index (χ1v) is 11.3. The average molecular weight is 370 g/mol. The fourth-order valence-electron chi connectivity index (χ4n) is 3.25. The number of rotatable bonds is 19. The van der Waals surface area contributed by atoms with E-state index >= 15 is 0 Å². The molecule has 4 nitrogen and oxygen atoms in total. The number of carbonyl (C=O) groups is 1. The molecule has 0 radical (unpaired) electrons. The molecule has 0 spiro atoms. The molecule has 0 aromatic heterocycles. The van der Waals surface area contributed by atoms with Gasteiger partial charge < -0.3 is 14.8 Å². The molecular weight excluding hydrogens is 326 g/mol. The highest BCUT2D eigenvalue weighted by atomic mass is 16.6. The Morgan fingerprint density at radius 2 is 1.23 bits per heavy atom. The summed E-state index contributed by atoms with van der Waals surface area (Å²) >= 11 is 0. The molecule has 1 fully saturated rings. The summed E-state index contributed by atoms with van der Waals surface area (Å²) in [6.45, 7) is 4.13. The molecular formula is C22H43NO3. The van der Waals surface area contributed by atoms with Crippen LogP contribution in [0.3, 0.4) is 0 Å². The van der Waals surface area contributed by atoms with Crippen molar-refractivity contribution < 1.29 is 14.3 Å². The van der Waals surface area contributed by atoms with E-state index in [1.807, 2.05) is 0 Å². The number of unbranched alkanes of at least 4 members (excludes halogenated alkanes) is 15. The standard InChI is InChI=1S/C22H43NO3/c1-2-3-4-5-6-7-8-9-10-11-12-13-14-15-16-17-18-23-22(24)26-20-21-19-25-21/h21H,2-20H2,1H3,(H,23,24). The average Bonchev–Trinajstić information content (AvgIpc) is 3.47. The van der Waals surface area contributed by atoms with Gasteiger partial charge in [0.25, 0.3) is 0 Å². The van der Waals surface area contributed by atoms with Crippen LogP contribution in [0, 0.1) is 0 Å². The van der Waals surface area contributed by atoms with E-state index in [0.717, 1.165) is 19.6 Å². The third kappa shape index (κ3) is 16.7. The number of hydrogen-bond donors (Lipinski definition) is 1. The van der Waals surface area contributed by atoms with Gasteiger partial charge in [0, 0.05) is 6.54 Å². The Hall–Kier alpha value is -0.770. The molecule has 1 heterocycles. The van der Waals surface area contributed by atoms with Gasteiger partial charge in [-0.15, -0.1) is 0 Å². The zero-order valence-electron chi connectivity index (χ0n) is 17.2. The molecule has 1 unspecified atom stereocenters. The highest BCUT2D eigenvalue weighted by molar-refractivity contribution is 5.67. The second-order valence-electron chi connectivity index (χ2n) is 7.78. The molecule has 0 bridgehead atoms. The van der Waals surface area contributed by atoms with Crippen LogP contribution < -0.4 is 5.32 Å². The van der Waals surface area contributed by atoms with E-state index in [1.54, 1.807) is 0 Å². The van der Waals surface area contributed by atoms with Gasteiger partial charge in [-0.2, -0.15) is 0 Å². The fourth-order valence-corrected chi connectivity index (χ4v) is 3.25. The van der Waals surface area contributed by atoms with Crippen LogP contribution in [0.25, 0.3) is 0 Å². The summed E-state index contributed by atoms with van der Waals surface area (Å²) in [5.74, 6) is 0. The largest absolute Gasteiger partial charge is 0.447 e. The second kappa shape index (κ2) is 17.6. The van der Waals surface area contributed by atoms with E-state index in [9.17, 15) is 4.79 Å². The quantitative estimate of drug-likeness (QED) is 0.212. The van der Waals surface area contributed by atoms with Crippen molar-refractivity contribution in [1.29, 1.82) is 0 Å². The summed E-state index contributed by atoms with van der Waals surface area (Å²) in [5, 5.41) is 2.80. The van der Waals surface area contributed by atoms with E-state index in [4.69, 9.17) is 9.47 Å². The molecule has 1 aliphatic rings. The predicted octanol–water partition coefficient (Wildman–Crippen LogP) is 6.37. The van der Waals surface area contributed by atoms with E-state index in [-0.39, 0.29) is 12.2 Å². The van der Waals surface area contributed by atoms with Crippen molar-refractivity contribution in [2.75, 3.05) is 19.8 Å². The van der Waals surface area contributed by atoms with Gasteiger partial charge >= 0.3 is 6.09 Å². The van der Waals surface area contributed by atoms with Gasteiger partial charge in [0.15, 0.2) is 0 Å². The first kappa shape index (κ1) is 23.3. The second-order valence-corrected chi connectivity index (χ2v) is 7.78. The molecule has 0 aromatic carbocycles. The maximum atomic E-state index is 11.3. The van der Waals surface area contributed by atoms with Gasteiger partial charge in [0.1, 0.15) is 12.7 Å². The van der Waals surface area contributed by atoms with E-state index in [1.165, 1.54) is 96.3 Å². The van der Waals surface area contributed by atoms with Crippen molar-refractivity contribution in [2.45, 2.75) is 116 Å². The molecule has 26 heavy (non-hydrogen) atoms. The highest BCUT2D eigenvalue weighted by Crippen LogP contribution is 2.13. The highest BCUT2D eigenvalue weighted by Gasteiger charge is 2.23. The van der Waals surface area contributed by atoms with Crippen molar-refractivity contribution in [3.05, 3.63) is 0 Å². The number of epoxide rings is 1.